The number of nitrogens with zero attached hydrogens (tertiary/aromatic N) is 3. The average Bonchev–Trinajstić information content (AvgIpc) is 2.36. The van der Waals surface area contributed by atoms with Gasteiger partial charge in [0.25, 0.3) is 0 Å². The monoisotopic (exact) mass is 432 g/mol. The van der Waals surface area contributed by atoms with Gasteiger partial charge in [0, 0.05) is 22.7 Å². The van der Waals surface area contributed by atoms with Crippen molar-refractivity contribution in [1.29, 1.82) is 0 Å². The largest absolute Gasteiger partial charge is 0.466 e. The van der Waals surface area contributed by atoms with Crippen molar-refractivity contribution in [3.05, 3.63) is 11.9 Å². The van der Waals surface area contributed by atoms with E-state index in [1.807, 2.05) is 5.82 Å². The average molecular weight is 433 g/mol. The molecule has 0 saturated carbocycles. The first kappa shape index (κ1) is 25.8. The lowest BCUT2D eigenvalue weighted by atomic mass is 10.1. The molecule has 0 spiro atoms. The van der Waals surface area contributed by atoms with Crippen molar-refractivity contribution in [3.8, 4) is 0 Å². The second kappa shape index (κ2) is 8.12. The van der Waals surface area contributed by atoms with Crippen molar-refractivity contribution in [2.45, 2.75) is 105 Å². The van der Waals surface area contributed by atoms with Gasteiger partial charge in [0.15, 0.2) is 0 Å². The maximum atomic E-state index is 12.0. The summed E-state index contributed by atoms with van der Waals surface area (Å²) in [5.41, 5.74) is -0.518. The summed E-state index contributed by atoms with van der Waals surface area (Å²) in [5, 5.41) is 3.85. The molecule has 0 aromatic heterocycles. The van der Waals surface area contributed by atoms with Crippen LogP contribution in [0.3, 0.4) is 0 Å². The summed E-state index contributed by atoms with van der Waals surface area (Å²) in [7, 11) is -1.67. The van der Waals surface area contributed by atoms with E-state index in [4.69, 9.17) is 9.48 Å². The van der Waals surface area contributed by atoms with Crippen molar-refractivity contribution in [2.75, 3.05) is 7.11 Å². The van der Waals surface area contributed by atoms with Crippen molar-refractivity contribution < 1.29 is 9.53 Å². The molecule has 164 valence electrons. The minimum atomic E-state index is -2.29. The molecule has 0 atom stereocenters. The third-order valence-electron chi connectivity index (χ3n) is 3.61. The van der Waals surface area contributed by atoms with Gasteiger partial charge in [0.1, 0.15) is 15.7 Å². The molecular formula is C20H42N4O2P2. The van der Waals surface area contributed by atoms with Gasteiger partial charge in [0.2, 0.25) is 0 Å². The van der Waals surface area contributed by atoms with Crippen LogP contribution in [0.2, 0.25) is 0 Å². The van der Waals surface area contributed by atoms with Crippen LogP contribution in [0.4, 0.5) is 0 Å². The molecule has 0 bridgehead atoms. The van der Waals surface area contributed by atoms with Gasteiger partial charge in [0.05, 0.1) is 12.6 Å². The molecule has 8 heteroatoms. The predicted octanol–water partition coefficient (Wildman–Crippen LogP) is 6.33. The van der Waals surface area contributed by atoms with Gasteiger partial charge in [-0.3, -0.25) is 9.83 Å². The van der Waals surface area contributed by atoms with E-state index in [9.17, 15) is 4.79 Å². The van der Waals surface area contributed by atoms with E-state index >= 15 is 0 Å². The number of ether oxygens (including phenoxy) is 1. The smallest absolute Gasteiger partial charge is 0.330 e. The topological polar surface area (TPSA) is 57.2 Å². The molecule has 1 heterocycles. The number of carbonyl (C=O) groups excluding carboxylic acids is 1. The molecule has 28 heavy (non-hydrogen) atoms. The Balaban J connectivity index is 3.81. The lowest BCUT2D eigenvalue weighted by Gasteiger charge is -2.67. The quantitative estimate of drug-likeness (QED) is 0.321. The summed E-state index contributed by atoms with van der Waals surface area (Å²) in [6.07, 6.45) is 1.56. The second-order valence-corrected chi connectivity index (χ2v) is 16.1. The van der Waals surface area contributed by atoms with Gasteiger partial charge in [-0.2, -0.15) is 0 Å². The highest BCUT2D eigenvalue weighted by molar-refractivity contribution is 7.88. The Morgan fingerprint density at radius 1 is 0.929 bits per heavy atom. The first-order valence-electron chi connectivity index (χ1n) is 9.84. The second-order valence-electron chi connectivity index (χ2n) is 11.3. The van der Waals surface area contributed by atoms with Crippen molar-refractivity contribution in [2.24, 2.45) is 4.74 Å². The number of nitrogens with one attached hydrogen (secondary N) is 1. The van der Waals surface area contributed by atoms with E-state index in [0.717, 1.165) is 0 Å². The van der Waals surface area contributed by atoms with Crippen LogP contribution < -0.4 is 5.09 Å². The van der Waals surface area contributed by atoms with Crippen LogP contribution in [0, 0.1) is 0 Å². The molecular weight excluding hydrogens is 390 g/mol. The van der Waals surface area contributed by atoms with Crippen molar-refractivity contribution >= 4 is 21.7 Å². The molecule has 0 aromatic carbocycles. The summed E-state index contributed by atoms with van der Waals surface area (Å²) in [6.45, 7) is 26.3. The molecule has 0 unspecified atom stereocenters. The van der Waals surface area contributed by atoms with E-state index in [0.29, 0.717) is 0 Å². The molecule has 1 N–H and O–H groups in total. The van der Waals surface area contributed by atoms with E-state index in [1.54, 1.807) is 6.08 Å². The zero-order valence-electron chi connectivity index (χ0n) is 20.2. The number of hydrogen-bond donors (Lipinski definition) is 1. The Hall–Kier alpha value is -0.250. The van der Waals surface area contributed by atoms with Crippen LogP contribution in [0.5, 0.6) is 0 Å². The van der Waals surface area contributed by atoms with Gasteiger partial charge in [-0.1, -0.05) is 0 Å². The van der Waals surface area contributed by atoms with Crippen LogP contribution in [0.25, 0.3) is 0 Å². The van der Waals surface area contributed by atoms with Gasteiger partial charge >= 0.3 is 5.97 Å². The fourth-order valence-corrected chi connectivity index (χ4v) is 12.1. The normalized spacial score (nSPS) is 25.7. The number of methoxy groups -OCH3 is 1. The summed E-state index contributed by atoms with van der Waals surface area (Å²) in [4.78, 5) is 12.0. The van der Waals surface area contributed by atoms with E-state index in [1.165, 1.54) is 7.11 Å². The Bertz CT molecular complexity index is 636. The first-order valence-corrected chi connectivity index (χ1v) is 12.8. The zero-order valence-corrected chi connectivity index (χ0v) is 22.0. The van der Waals surface area contributed by atoms with E-state index in [-0.39, 0.29) is 28.1 Å². The van der Waals surface area contributed by atoms with E-state index < -0.39 is 15.7 Å². The lowest BCUT2D eigenvalue weighted by Crippen LogP contribution is -2.59. The molecule has 0 radical (unpaired) electrons. The Morgan fingerprint density at radius 3 is 1.64 bits per heavy atom. The molecule has 0 aliphatic carbocycles. The van der Waals surface area contributed by atoms with Gasteiger partial charge in [-0.25, -0.2) is 13.7 Å². The minimum Gasteiger partial charge on any atom is -0.466 e. The third-order valence-corrected chi connectivity index (χ3v) is 12.8. The summed E-state index contributed by atoms with van der Waals surface area (Å²) < 4.78 is 15.3. The van der Waals surface area contributed by atoms with Crippen LogP contribution in [0.1, 0.15) is 83.1 Å². The molecule has 1 rings (SSSR count). The third kappa shape index (κ3) is 6.12. The van der Waals surface area contributed by atoms with Gasteiger partial charge < -0.3 is 4.74 Å². The van der Waals surface area contributed by atoms with Crippen LogP contribution in [-0.4, -0.2) is 44.1 Å². The molecule has 1 aliphatic heterocycles. The first-order chi connectivity index (χ1) is 12.2. The Labute approximate surface area is 174 Å². The zero-order chi connectivity index (χ0) is 22.3. The van der Waals surface area contributed by atoms with Gasteiger partial charge in [-0.05, 0) is 88.9 Å². The highest BCUT2D eigenvalue weighted by Crippen LogP contribution is 2.87. The van der Waals surface area contributed by atoms with Crippen LogP contribution >= 0.6 is 15.7 Å². The number of esters is 1. The lowest BCUT2D eigenvalue weighted by molar-refractivity contribution is -0.134. The maximum Gasteiger partial charge on any atom is 0.330 e. The fourth-order valence-electron chi connectivity index (χ4n) is 3.14. The molecule has 1 saturated heterocycles. The predicted molar refractivity (Wildman–Crippen MR) is 123 cm³/mol. The van der Waals surface area contributed by atoms with Crippen LogP contribution in [-0.2, 0) is 9.53 Å². The summed E-state index contributed by atoms with van der Waals surface area (Å²) >= 11 is 0. The Morgan fingerprint density at radius 2 is 1.36 bits per heavy atom. The summed E-state index contributed by atoms with van der Waals surface area (Å²) in [5.74, 6) is 1.68. The van der Waals surface area contributed by atoms with Crippen molar-refractivity contribution in [3.63, 3.8) is 0 Å². The fraction of sp³-hybridized carbons (Fsp3) is 0.850. The highest BCUT2D eigenvalue weighted by atomic mass is 31.3. The molecule has 6 nitrogen and oxygen atoms in total. The highest BCUT2D eigenvalue weighted by Gasteiger charge is 2.61. The van der Waals surface area contributed by atoms with Crippen molar-refractivity contribution in [1.82, 2.24) is 14.0 Å². The standard InChI is InChI=1S/C20H42N4O2P2/c1-17(2,3)21-27-23(19(7,8)9)28(22-18(4,5)6,15-14-16(25)26-13)24(27)20(10,11)12/h14-15,21H,1-13H3/b15-14+. The number of rotatable bonds is 3. The van der Waals surface area contributed by atoms with Crippen LogP contribution in [0.15, 0.2) is 16.6 Å². The Kier molecular flexibility index (Phi) is 7.47. The maximum absolute atomic E-state index is 12.0. The number of carbonyl (C=O) groups is 1. The molecule has 0 amide bonds. The van der Waals surface area contributed by atoms with E-state index in [2.05, 4.69) is 97.1 Å². The van der Waals surface area contributed by atoms with Gasteiger partial charge in [-0.15, -0.1) is 0 Å². The minimum absolute atomic E-state index is 0.0391. The molecule has 0 aromatic rings. The molecule has 1 aliphatic rings. The molecule has 1 fully saturated rings. The number of hydrogen-bond acceptors (Lipinski definition) is 4. The SMILES string of the molecule is COC(=O)/C=C/P1(=NC(C)(C)C)N(C(C)(C)C)P(NC(C)(C)C)N1C(C)(C)C. The summed E-state index contributed by atoms with van der Waals surface area (Å²) in [6, 6.07) is 0.